The molecule has 4 aliphatic carbocycles. The van der Waals surface area contributed by atoms with E-state index in [0.717, 1.165) is 11.8 Å². The van der Waals surface area contributed by atoms with Gasteiger partial charge in [-0.3, -0.25) is 0 Å². The lowest BCUT2D eigenvalue weighted by molar-refractivity contribution is -0.137. The Morgan fingerprint density at radius 2 is 1.62 bits per heavy atom. The molecule has 2 unspecified atom stereocenters. The Kier molecular flexibility index (Phi) is 1.88. The van der Waals surface area contributed by atoms with Crippen LogP contribution in [0.3, 0.4) is 0 Å². The van der Waals surface area contributed by atoms with Crippen LogP contribution < -0.4 is 0 Å². The molecule has 0 aromatic heterocycles. The van der Waals surface area contributed by atoms with E-state index < -0.39 is 0 Å². The summed E-state index contributed by atoms with van der Waals surface area (Å²) >= 11 is 0. The van der Waals surface area contributed by atoms with E-state index >= 15 is 0 Å². The SMILES string of the molecule is CC(C)(C)C12CC3CC(CC(C#N)(C3)C1)C2. The highest BCUT2D eigenvalue weighted by atomic mass is 14.6. The van der Waals surface area contributed by atoms with Gasteiger partial charge in [-0.1, -0.05) is 20.8 Å². The Hall–Kier alpha value is -0.510. The third kappa shape index (κ3) is 1.22. The van der Waals surface area contributed by atoms with Crippen molar-refractivity contribution in [3.8, 4) is 6.07 Å². The molecule has 88 valence electrons. The van der Waals surface area contributed by atoms with Gasteiger partial charge in [-0.05, 0) is 61.2 Å². The molecule has 0 saturated heterocycles. The van der Waals surface area contributed by atoms with Crippen LogP contribution in [0.25, 0.3) is 0 Å². The first-order valence-electron chi connectivity index (χ1n) is 6.79. The van der Waals surface area contributed by atoms with Gasteiger partial charge in [0.25, 0.3) is 0 Å². The van der Waals surface area contributed by atoms with Crippen LogP contribution in [0.4, 0.5) is 0 Å². The summed E-state index contributed by atoms with van der Waals surface area (Å²) in [5.74, 6) is 1.72. The third-order valence-corrected chi connectivity index (χ3v) is 5.89. The highest BCUT2D eigenvalue weighted by Gasteiger charge is 2.61. The highest BCUT2D eigenvalue weighted by molar-refractivity contribution is 5.17. The van der Waals surface area contributed by atoms with Gasteiger partial charge in [0.05, 0.1) is 11.5 Å². The second-order valence-electron chi connectivity index (χ2n) is 7.88. The normalized spacial score (nSPS) is 50.4. The van der Waals surface area contributed by atoms with Crippen LogP contribution in [0, 0.1) is 39.4 Å². The van der Waals surface area contributed by atoms with Crippen LogP contribution in [-0.4, -0.2) is 0 Å². The molecule has 4 rings (SSSR count). The van der Waals surface area contributed by atoms with Crippen molar-refractivity contribution >= 4 is 0 Å². The molecule has 16 heavy (non-hydrogen) atoms. The summed E-state index contributed by atoms with van der Waals surface area (Å²) in [6.07, 6.45) is 7.82. The molecule has 0 heterocycles. The molecule has 4 bridgehead atoms. The quantitative estimate of drug-likeness (QED) is 0.598. The maximum atomic E-state index is 9.56. The maximum absolute atomic E-state index is 9.56. The molecule has 0 aromatic carbocycles. The van der Waals surface area contributed by atoms with Crippen molar-refractivity contribution in [2.75, 3.05) is 0 Å². The lowest BCUT2D eigenvalue weighted by Gasteiger charge is -2.64. The minimum Gasteiger partial charge on any atom is -0.198 e. The lowest BCUT2D eigenvalue weighted by atomic mass is 9.40. The van der Waals surface area contributed by atoms with Gasteiger partial charge in [0.1, 0.15) is 0 Å². The van der Waals surface area contributed by atoms with Gasteiger partial charge in [0.15, 0.2) is 0 Å². The van der Waals surface area contributed by atoms with Crippen molar-refractivity contribution in [2.45, 2.75) is 59.3 Å². The van der Waals surface area contributed by atoms with Gasteiger partial charge in [-0.15, -0.1) is 0 Å². The number of rotatable bonds is 0. The molecule has 0 spiro atoms. The van der Waals surface area contributed by atoms with Crippen molar-refractivity contribution in [3.63, 3.8) is 0 Å². The molecule has 2 atom stereocenters. The zero-order chi connectivity index (χ0) is 11.6. The first-order chi connectivity index (χ1) is 7.38. The van der Waals surface area contributed by atoms with Crippen LogP contribution in [0.5, 0.6) is 0 Å². The minimum atomic E-state index is 0.0668. The van der Waals surface area contributed by atoms with Crippen molar-refractivity contribution in [2.24, 2.45) is 28.1 Å². The first-order valence-corrected chi connectivity index (χ1v) is 6.79. The molecule has 0 aliphatic heterocycles. The topological polar surface area (TPSA) is 23.8 Å². The van der Waals surface area contributed by atoms with Gasteiger partial charge >= 0.3 is 0 Å². The van der Waals surface area contributed by atoms with Gasteiger partial charge in [0.2, 0.25) is 0 Å². The van der Waals surface area contributed by atoms with Crippen LogP contribution >= 0.6 is 0 Å². The highest BCUT2D eigenvalue weighted by Crippen LogP contribution is 2.69. The Morgan fingerprint density at radius 3 is 2.06 bits per heavy atom. The fourth-order valence-corrected chi connectivity index (χ4v) is 5.27. The third-order valence-electron chi connectivity index (χ3n) is 5.89. The predicted octanol–water partition coefficient (Wildman–Crippen LogP) is 4.14. The van der Waals surface area contributed by atoms with E-state index in [2.05, 4.69) is 26.8 Å². The smallest absolute Gasteiger partial charge is 0.0690 e. The molecule has 0 amide bonds. The minimum absolute atomic E-state index is 0.0668. The maximum Gasteiger partial charge on any atom is 0.0690 e. The predicted molar refractivity (Wildman–Crippen MR) is 64.6 cm³/mol. The van der Waals surface area contributed by atoms with Gasteiger partial charge in [0, 0.05) is 0 Å². The van der Waals surface area contributed by atoms with Crippen LogP contribution in [0.15, 0.2) is 0 Å². The Labute approximate surface area is 99.2 Å². The molecule has 4 fully saturated rings. The summed E-state index contributed by atoms with van der Waals surface area (Å²) in [4.78, 5) is 0. The van der Waals surface area contributed by atoms with Crippen molar-refractivity contribution in [1.82, 2.24) is 0 Å². The number of nitrogens with zero attached hydrogens (tertiary/aromatic N) is 1. The largest absolute Gasteiger partial charge is 0.198 e. The average molecular weight is 217 g/mol. The first kappa shape index (κ1) is 10.6. The Bertz CT molecular complexity index is 341. The van der Waals surface area contributed by atoms with Crippen LogP contribution in [0.2, 0.25) is 0 Å². The molecule has 1 heteroatoms. The molecule has 4 aliphatic rings. The van der Waals surface area contributed by atoms with Gasteiger partial charge < -0.3 is 0 Å². The summed E-state index contributed by atoms with van der Waals surface area (Å²) in [7, 11) is 0. The monoisotopic (exact) mass is 217 g/mol. The molecular formula is C15H23N. The van der Waals surface area contributed by atoms with Gasteiger partial charge in [-0.25, -0.2) is 0 Å². The lowest BCUT2D eigenvalue weighted by Crippen LogP contribution is -2.56. The fraction of sp³-hybridized carbons (Fsp3) is 0.933. The number of hydrogen-bond acceptors (Lipinski definition) is 1. The molecular weight excluding hydrogens is 194 g/mol. The summed E-state index contributed by atoms with van der Waals surface area (Å²) in [5, 5.41) is 9.56. The van der Waals surface area contributed by atoms with E-state index in [4.69, 9.17) is 0 Å². The molecule has 4 saturated carbocycles. The van der Waals surface area contributed by atoms with E-state index in [1.54, 1.807) is 0 Å². The van der Waals surface area contributed by atoms with Crippen molar-refractivity contribution in [1.29, 1.82) is 5.26 Å². The van der Waals surface area contributed by atoms with Crippen LogP contribution in [-0.2, 0) is 0 Å². The summed E-state index contributed by atoms with van der Waals surface area (Å²) in [5.41, 5.74) is 0.928. The van der Waals surface area contributed by atoms with E-state index in [0.29, 0.717) is 10.8 Å². The van der Waals surface area contributed by atoms with Crippen molar-refractivity contribution in [3.05, 3.63) is 0 Å². The Morgan fingerprint density at radius 1 is 1.06 bits per heavy atom. The van der Waals surface area contributed by atoms with E-state index in [-0.39, 0.29) is 5.41 Å². The van der Waals surface area contributed by atoms with E-state index in [1.807, 2.05) is 0 Å². The fourth-order valence-electron chi connectivity index (χ4n) is 5.27. The molecule has 0 radical (unpaired) electrons. The van der Waals surface area contributed by atoms with E-state index in [1.165, 1.54) is 38.5 Å². The Balaban J connectivity index is 2.03. The second kappa shape index (κ2) is 2.84. The zero-order valence-electron chi connectivity index (χ0n) is 10.8. The second-order valence-corrected chi connectivity index (χ2v) is 7.88. The zero-order valence-corrected chi connectivity index (χ0v) is 10.8. The standard InChI is InChI=1S/C15H23N/c1-13(2,3)15-7-11-4-12(8-15)6-14(5-11,9-15)10-16/h11-12H,4-9H2,1-3H3. The van der Waals surface area contributed by atoms with Crippen molar-refractivity contribution < 1.29 is 0 Å². The summed E-state index contributed by atoms with van der Waals surface area (Å²) in [6.45, 7) is 7.18. The molecule has 0 aromatic rings. The van der Waals surface area contributed by atoms with Gasteiger partial charge in [-0.2, -0.15) is 5.26 Å². The summed E-state index contributed by atoms with van der Waals surface area (Å²) in [6, 6.07) is 2.71. The number of nitriles is 1. The van der Waals surface area contributed by atoms with E-state index in [9.17, 15) is 5.26 Å². The summed E-state index contributed by atoms with van der Waals surface area (Å²) < 4.78 is 0. The van der Waals surface area contributed by atoms with Crippen LogP contribution in [0.1, 0.15) is 59.3 Å². The number of hydrogen-bond donors (Lipinski definition) is 0. The average Bonchev–Trinajstić information content (AvgIpc) is 2.14. The molecule has 0 N–H and O–H groups in total. The molecule has 1 nitrogen and oxygen atoms in total.